The van der Waals surface area contributed by atoms with Gasteiger partial charge < -0.3 is 15.0 Å². The summed E-state index contributed by atoms with van der Waals surface area (Å²) >= 11 is 0. The van der Waals surface area contributed by atoms with Gasteiger partial charge in [-0.25, -0.2) is 0 Å². The summed E-state index contributed by atoms with van der Waals surface area (Å²) in [6.07, 6.45) is 1.48. The summed E-state index contributed by atoms with van der Waals surface area (Å²) in [7, 11) is 0. The van der Waals surface area contributed by atoms with Gasteiger partial charge in [0.05, 0.1) is 0 Å². The molecule has 2 N–H and O–H groups in total. The van der Waals surface area contributed by atoms with Crippen LogP contribution in [0.25, 0.3) is 0 Å². The molecule has 0 bridgehead atoms. The van der Waals surface area contributed by atoms with E-state index in [2.05, 4.69) is 24.0 Å². The van der Waals surface area contributed by atoms with Crippen molar-refractivity contribution >= 4 is 0 Å². The Bertz CT molecular complexity index is 323. The van der Waals surface area contributed by atoms with Crippen molar-refractivity contribution in [2.24, 2.45) is 11.7 Å². The summed E-state index contributed by atoms with van der Waals surface area (Å²) in [6.45, 7) is 8.74. The van der Waals surface area contributed by atoms with Crippen molar-refractivity contribution < 1.29 is 9.26 Å². The third-order valence-electron chi connectivity index (χ3n) is 2.50. The normalized spacial score (nSPS) is 15.2. The van der Waals surface area contributed by atoms with Gasteiger partial charge in [0.2, 0.25) is 11.7 Å². The molecule has 0 saturated heterocycles. The Balaban J connectivity index is 2.64. The lowest BCUT2D eigenvalue weighted by molar-refractivity contribution is 0.0217. The smallest absolute Gasteiger partial charge is 0.226 e. The summed E-state index contributed by atoms with van der Waals surface area (Å²) in [5, 5.41) is 3.98. The van der Waals surface area contributed by atoms with Crippen LogP contribution in [0.3, 0.4) is 0 Å². The molecule has 0 amide bonds. The Labute approximate surface area is 103 Å². The van der Waals surface area contributed by atoms with E-state index in [-0.39, 0.29) is 12.1 Å². The van der Waals surface area contributed by atoms with E-state index in [1.807, 2.05) is 13.8 Å². The molecule has 0 radical (unpaired) electrons. The fourth-order valence-electron chi connectivity index (χ4n) is 1.58. The first-order chi connectivity index (χ1) is 8.04. The Morgan fingerprint density at radius 1 is 1.35 bits per heavy atom. The average molecular weight is 241 g/mol. The molecule has 98 valence electrons. The number of aryl methyl sites for hydroxylation is 1. The lowest BCUT2D eigenvalue weighted by Crippen LogP contribution is -2.15. The van der Waals surface area contributed by atoms with Gasteiger partial charge in [-0.1, -0.05) is 19.0 Å². The minimum absolute atomic E-state index is 0.0900. The van der Waals surface area contributed by atoms with Crippen LogP contribution in [0.2, 0.25) is 0 Å². The highest BCUT2D eigenvalue weighted by atomic mass is 16.5. The predicted molar refractivity (Wildman–Crippen MR) is 65.5 cm³/mol. The highest BCUT2D eigenvalue weighted by molar-refractivity contribution is 4.93. The third-order valence-corrected chi connectivity index (χ3v) is 2.50. The molecule has 2 unspecified atom stereocenters. The fourth-order valence-corrected chi connectivity index (χ4v) is 1.58. The maximum Gasteiger partial charge on any atom is 0.226 e. The van der Waals surface area contributed by atoms with Crippen LogP contribution in [0.5, 0.6) is 0 Å². The van der Waals surface area contributed by atoms with Crippen LogP contribution in [0.1, 0.15) is 51.9 Å². The lowest BCUT2D eigenvalue weighted by atomic mass is 10.1. The molecule has 0 aliphatic rings. The quantitative estimate of drug-likeness (QED) is 0.791. The van der Waals surface area contributed by atoms with Crippen LogP contribution in [-0.4, -0.2) is 22.8 Å². The second-order valence-electron chi connectivity index (χ2n) is 4.68. The van der Waals surface area contributed by atoms with Crippen LogP contribution in [-0.2, 0) is 11.2 Å². The van der Waals surface area contributed by atoms with Crippen LogP contribution >= 0.6 is 0 Å². The van der Waals surface area contributed by atoms with Gasteiger partial charge in [0.25, 0.3) is 0 Å². The first-order valence-electron chi connectivity index (χ1n) is 6.24. The topological polar surface area (TPSA) is 74.2 Å². The molecule has 1 heterocycles. The van der Waals surface area contributed by atoms with Gasteiger partial charge in [0.1, 0.15) is 6.10 Å². The first-order valence-corrected chi connectivity index (χ1v) is 6.24. The monoisotopic (exact) mass is 241 g/mol. The Hall–Kier alpha value is -0.940. The summed E-state index contributed by atoms with van der Waals surface area (Å²) in [4.78, 5) is 4.36. The first kappa shape index (κ1) is 14.1. The van der Waals surface area contributed by atoms with E-state index in [1.165, 1.54) is 0 Å². The van der Waals surface area contributed by atoms with Gasteiger partial charge in [-0.3, -0.25) is 0 Å². The van der Waals surface area contributed by atoms with Crippen LogP contribution < -0.4 is 5.73 Å². The van der Waals surface area contributed by atoms with Crippen LogP contribution in [0, 0.1) is 5.92 Å². The van der Waals surface area contributed by atoms with Gasteiger partial charge in [-0.15, -0.1) is 0 Å². The highest BCUT2D eigenvalue weighted by Crippen LogP contribution is 2.23. The molecule has 1 aromatic rings. The lowest BCUT2D eigenvalue weighted by Gasteiger charge is -2.16. The summed E-state index contributed by atoms with van der Waals surface area (Å²) in [5.74, 6) is 1.61. The number of nitrogens with two attached hydrogens (primary N) is 1. The minimum Gasteiger partial charge on any atom is -0.370 e. The zero-order valence-electron chi connectivity index (χ0n) is 11.1. The van der Waals surface area contributed by atoms with Crippen molar-refractivity contribution in [2.45, 2.75) is 52.7 Å². The Kier molecular flexibility index (Phi) is 5.58. The molecule has 1 aromatic heterocycles. The van der Waals surface area contributed by atoms with Gasteiger partial charge in [-0.05, 0) is 26.2 Å². The zero-order valence-corrected chi connectivity index (χ0v) is 11.1. The van der Waals surface area contributed by atoms with Gasteiger partial charge in [-0.2, -0.15) is 4.98 Å². The second kappa shape index (κ2) is 6.71. The van der Waals surface area contributed by atoms with E-state index in [4.69, 9.17) is 15.0 Å². The molecule has 0 spiro atoms. The second-order valence-corrected chi connectivity index (χ2v) is 4.68. The zero-order chi connectivity index (χ0) is 12.8. The molecule has 5 nitrogen and oxygen atoms in total. The number of hydrogen-bond acceptors (Lipinski definition) is 5. The SMILES string of the molecule is CCOC(c1noc(CCC(C)N)n1)C(C)C. The Morgan fingerprint density at radius 2 is 2.06 bits per heavy atom. The van der Waals surface area contributed by atoms with Gasteiger partial charge >= 0.3 is 0 Å². The molecule has 0 aliphatic heterocycles. The van der Waals surface area contributed by atoms with E-state index in [0.717, 1.165) is 12.8 Å². The standard InChI is InChI=1S/C12H23N3O2/c1-5-16-11(8(2)3)12-14-10(17-15-12)7-6-9(4)13/h8-9,11H,5-7,13H2,1-4H3. The molecule has 0 fully saturated rings. The van der Waals surface area contributed by atoms with Gasteiger partial charge in [0.15, 0.2) is 0 Å². The number of hydrogen-bond donors (Lipinski definition) is 1. The fraction of sp³-hybridized carbons (Fsp3) is 0.833. The number of ether oxygens (including phenoxy) is 1. The molecular weight excluding hydrogens is 218 g/mol. The van der Waals surface area contributed by atoms with Crippen molar-refractivity contribution in [1.82, 2.24) is 10.1 Å². The molecule has 0 aliphatic carbocycles. The Morgan fingerprint density at radius 3 is 2.59 bits per heavy atom. The molecule has 5 heteroatoms. The highest BCUT2D eigenvalue weighted by Gasteiger charge is 2.22. The molecular formula is C12H23N3O2. The molecule has 1 rings (SSSR count). The summed E-state index contributed by atoms with van der Waals surface area (Å²) < 4.78 is 10.8. The largest absolute Gasteiger partial charge is 0.370 e. The van der Waals surface area contributed by atoms with Crippen LogP contribution in [0.4, 0.5) is 0 Å². The van der Waals surface area contributed by atoms with Crippen molar-refractivity contribution in [3.63, 3.8) is 0 Å². The number of rotatable bonds is 7. The van der Waals surface area contributed by atoms with Crippen LogP contribution in [0.15, 0.2) is 4.52 Å². The summed E-state index contributed by atoms with van der Waals surface area (Å²) in [6, 6.07) is 0.151. The molecule has 0 aromatic carbocycles. The van der Waals surface area contributed by atoms with E-state index in [9.17, 15) is 0 Å². The van der Waals surface area contributed by atoms with Crippen molar-refractivity contribution in [3.05, 3.63) is 11.7 Å². The average Bonchev–Trinajstić information content (AvgIpc) is 2.71. The van der Waals surface area contributed by atoms with Crippen molar-refractivity contribution in [2.75, 3.05) is 6.61 Å². The minimum atomic E-state index is -0.0900. The molecule has 0 saturated carbocycles. The third kappa shape index (κ3) is 4.44. The van der Waals surface area contributed by atoms with Crippen molar-refractivity contribution in [1.29, 1.82) is 0 Å². The molecule has 2 atom stereocenters. The van der Waals surface area contributed by atoms with E-state index in [1.54, 1.807) is 0 Å². The van der Waals surface area contributed by atoms with E-state index in [0.29, 0.717) is 24.2 Å². The summed E-state index contributed by atoms with van der Waals surface area (Å²) in [5.41, 5.74) is 5.69. The predicted octanol–water partition coefficient (Wildman–Crippen LogP) is 2.08. The molecule has 17 heavy (non-hydrogen) atoms. The maximum atomic E-state index is 5.69. The van der Waals surface area contributed by atoms with E-state index < -0.39 is 0 Å². The van der Waals surface area contributed by atoms with E-state index >= 15 is 0 Å². The van der Waals surface area contributed by atoms with Gasteiger partial charge in [0, 0.05) is 19.1 Å². The van der Waals surface area contributed by atoms with Crippen molar-refractivity contribution in [3.8, 4) is 0 Å². The number of nitrogens with zero attached hydrogens (tertiary/aromatic N) is 2. The number of aromatic nitrogens is 2. The maximum absolute atomic E-state index is 5.69.